The number of carbonyl (C=O) groups excluding carboxylic acids is 2. The number of fused-ring (bicyclic) bond motifs is 1. The van der Waals surface area contributed by atoms with E-state index in [0.29, 0.717) is 39.0 Å². The zero-order valence-electron chi connectivity index (χ0n) is 17.2. The quantitative estimate of drug-likeness (QED) is 0.587. The summed E-state index contributed by atoms with van der Waals surface area (Å²) in [5.74, 6) is -0.217. The summed E-state index contributed by atoms with van der Waals surface area (Å²) in [6, 6.07) is 16.0. The summed E-state index contributed by atoms with van der Waals surface area (Å²) >= 11 is 0. The Hall–Kier alpha value is -3.15. The Bertz CT molecular complexity index is 1010. The first kappa shape index (κ1) is 20.1. The first-order valence-corrected chi connectivity index (χ1v) is 10.6. The number of ether oxygens (including phenoxy) is 1. The molecule has 0 radical (unpaired) electrons. The first-order chi connectivity index (χ1) is 14.7. The van der Waals surface area contributed by atoms with Gasteiger partial charge in [-0.25, -0.2) is 4.98 Å². The van der Waals surface area contributed by atoms with Crippen LogP contribution in [0.25, 0.3) is 5.65 Å². The Kier molecular flexibility index (Phi) is 6.12. The van der Waals surface area contributed by atoms with Gasteiger partial charge in [-0.05, 0) is 37.5 Å². The van der Waals surface area contributed by atoms with Crippen molar-refractivity contribution in [2.24, 2.45) is 5.92 Å². The molecule has 0 aliphatic carbocycles. The lowest BCUT2D eigenvalue weighted by atomic mass is 9.91. The van der Waals surface area contributed by atoms with Gasteiger partial charge in [0.05, 0.1) is 18.2 Å². The molecule has 0 spiro atoms. The standard InChI is InChI=1S/C24H27N3O3/c1-2-30-24(29)19-11-14-26(15-12-19)23(28)16-20(18-8-4-3-5-9-18)21-17-25-22-10-6-7-13-27(21)22/h3-10,13,17,19-20H,2,11-12,14-16H2,1H3. The Balaban J connectivity index is 1.52. The lowest BCUT2D eigenvalue weighted by Gasteiger charge is -2.32. The SMILES string of the molecule is CCOC(=O)C1CCN(C(=O)CC(c2ccccc2)c2cnc3ccccn23)CC1. The summed E-state index contributed by atoms with van der Waals surface area (Å²) in [6.45, 7) is 3.41. The van der Waals surface area contributed by atoms with Crippen LogP contribution in [0.15, 0.2) is 60.9 Å². The summed E-state index contributed by atoms with van der Waals surface area (Å²) in [5, 5.41) is 0. The van der Waals surface area contributed by atoms with Gasteiger partial charge in [0.2, 0.25) is 5.91 Å². The van der Waals surface area contributed by atoms with Crippen molar-refractivity contribution in [3.63, 3.8) is 0 Å². The smallest absolute Gasteiger partial charge is 0.309 e. The number of carbonyl (C=O) groups is 2. The number of hydrogen-bond donors (Lipinski definition) is 0. The van der Waals surface area contributed by atoms with Crippen LogP contribution >= 0.6 is 0 Å². The number of pyridine rings is 1. The number of hydrogen-bond acceptors (Lipinski definition) is 4. The summed E-state index contributed by atoms with van der Waals surface area (Å²) in [6.07, 6.45) is 5.55. The molecule has 1 unspecified atom stereocenters. The summed E-state index contributed by atoms with van der Waals surface area (Å²) < 4.78 is 7.19. The van der Waals surface area contributed by atoms with Gasteiger partial charge in [-0.1, -0.05) is 36.4 Å². The van der Waals surface area contributed by atoms with E-state index in [-0.39, 0.29) is 23.7 Å². The predicted molar refractivity (Wildman–Crippen MR) is 114 cm³/mol. The fourth-order valence-electron chi connectivity index (χ4n) is 4.22. The van der Waals surface area contributed by atoms with E-state index in [1.165, 1.54) is 0 Å². The molecule has 1 fully saturated rings. The summed E-state index contributed by atoms with van der Waals surface area (Å²) in [4.78, 5) is 31.6. The molecule has 6 nitrogen and oxygen atoms in total. The van der Waals surface area contributed by atoms with Gasteiger partial charge in [0, 0.05) is 37.8 Å². The van der Waals surface area contributed by atoms with Gasteiger partial charge in [-0.2, -0.15) is 0 Å². The van der Waals surface area contributed by atoms with Crippen LogP contribution in [0.2, 0.25) is 0 Å². The molecule has 3 heterocycles. The van der Waals surface area contributed by atoms with E-state index in [9.17, 15) is 9.59 Å². The molecule has 1 aliphatic rings. The van der Waals surface area contributed by atoms with Crippen LogP contribution in [0.3, 0.4) is 0 Å². The molecule has 0 saturated carbocycles. The highest BCUT2D eigenvalue weighted by atomic mass is 16.5. The van der Waals surface area contributed by atoms with Gasteiger partial charge in [0.15, 0.2) is 0 Å². The molecule has 0 bridgehead atoms. The number of amides is 1. The van der Waals surface area contributed by atoms with Crippen molar-refractivity contribution in [1.82, 2.24) is 14.3 Å². The molecule has 156 valence electrons. The van der Waals surface area contributed by atoms with Crippen molar-refractivity contribution >= 4 is 17.5 Å². The topological polar surface area (TPSA) is 63.9 Å². The van der Waals surface area contributed by atoms with E-state index in [0.717, 1.165) is 16.9 Å². The molecule has 6 heteroatoms. The van der Waals surface area contributed by atoms with Gasteiger partial charge < -0.3 is 14.0 Å². The van der Waals surface area contributed by atoms with Crippen molar-refractivity contribution in [2.45, 2.75) is 32.1 Å². The third-order valence-corrected chi connectivity index (χ3v) is 5.85. The molecule has 1 aromatic carbocycles. The van der Waals surface area contributed by atoms with Gasteiger partial charge in [0.25, 0.3) is 0 Å². The monoisotopic (exact) mass is 405 g/mol. The maximum Gasteiger partial charge on any atom is 0.309 e. The average molecular weight is 405 g/mol. The Morgan fingerprint density at radius 2 is 1.83 bits per heavy atom. The molecule has 4 rings (SSSR count). The zero-order valence-corrected chi connectivity index (χ0v) is 17.2. The van der Waals surface area contributed by atoms with Crippen molar-refractivity contribution < 1.29 is 14.3 Å². The second-order valence-corrected chi connectivity index (χ2v) is 7.69. The maximum absolute atomic E-state index is 13.2. The summed E-state index contributed by atoms with van der Waals surface area (Å²) in [7, 11) is 0. The van der Waals surface area contributed by atoms with E-state index >= 15 is 0 Å². The highest BCUT2D eigenvalue weighted by molar-refractivity contribution is 5.78. The normalized spacial score (nSPS) is 15.8. The predicted octanol–water partition coefficient (Wildman–Crippen LogP) is 3.66. The highest BCUT2D eigenvalue weighted by Gasteiger charge is 2.30. The Morgan fingerprint density at radius 1 is 1.10 bits per heavy atom. The molecule has 1 aliphatic heterocycles. The summed E-state index contributed by atoms with van der Waals surface area (Å²) in [5.41, 5.74) is 2.97. The maximum atomic E-state index is 13.2. The van der Waals surface area contributed by atoms with Crippen molar-refractivity contribution in [3.05, 3.63) is 72.2 Å². The Morgan fingerprint density at radius 3 is 2.57 bits per heavy atom. The third-order valence-electron chi connectivity index (χ3n) is 5.85. The molecule has 2 aromatic heterocycles. The van der Waals surface area contributed by atoms with E-state index in [2.05, 4.69) is 21.5 Å². The first-order valence-electron chi connectivity index (χ1n) is 10.6. The fourth-order valence-corrected chi connectivity index (χ4v) is 4.22. The van der Waals surface area contributed by atoms with Gasteiger partial charge in [-0.15, -0.1) is 0 Å². The van der Waals surface area contributed by atoms with Gasteiger partial charge in [-0.3, -0.25) is 9.59 Å². The van der Waals surface area contributed by atoms with E-state index in [4.69, 9.17) is 4.74 Å². The lowest BCUT2D eigenvalue weighted by Crippen LogP contribution is -2.41. The van der Waals surface area contributed by atoms with E-state index < -0.39 is 0 Å². The molecular weight excluding hydrogens is 378 g/mol. The van der Waals surface area contributed by atoms with Crippen molar-refractivity contribution in [1.29, 1.82) is 0 Å². The number of piperidine rings is 1. The van der Waals surface area contributed by atoms with Crippen LogP contribution in [0.5, 0.6) is 0 Å². The number of esters is 1. The number of nitrogens with zero attached hydrogens (tertiary/aromatic N) is 3. The highest BCUT2D eigenvalue weighted by Crippen LogP contribution is 2.30. The number of rotatable bonds is 6. The molecule has 3 aromatic rings. The zero-order chi connectivity index (χ0) is 20.9. The largest absolute Gasteiger partial charge is 0.466 e. The van der Waals surface area contributed by atoms with Crippen LogP contribution in [-0.2, 0) is 14.3 Å². The Labute approximate surface area is 176 Å². The second-order valence-electron chi connectivity index (χ2n) is 7.69. The third kappa shape index (κ3) is 4.22. The van der Waals surface area contributed by atoms with Crippen LogP contribution in [-0.4, -0.2) is 45.9 Å². The molecule has 1 saturated heterocycles. The van der Waals surface area contributed by atoms with Gasteiger partial charge in [0.1, 0.15) is 5.65 Å². The number of aromatic nitrogens is 2. The van der Waals surface area contributed by atoms with Gasteiger partial charge >= 0.3 is 5.97 Å². The fraction of sp³-hybridized carbons (Fsp3) is 0.375. The molecule has 30 heavy (non-hydrogen) atoms. The number of likely N-dealkylation sites (tertiary alicyclic amines) is 1. The van der Waals surface area contributed by atoms with E-state index in [1.807, 2.05) is 60.6 Å². The second kappa shape index (κ2) is 9.11. The van der Waals surface area contributed by atoms with Crippen molar-refractivity contribution in [2.75, 3.05) is 19.7 Å². The minimum atomic E-state index is -0.141. The minimum absolute atomic E-state index is 0.0844. The van der Waals surface area contributed by atoms with Crippen molar-refractivity contribution in [3.8, 4) is 0 Å². The number of imidazole rings is 1. The van der Waals surface area contributed by atoms with Crippen LogP contribution in [0.1, 0.15) is 43.4 Å². The van der Waals surface area contributed by atoms with Crippen LogP contribution in [0, 0.1) is 5.92 Å². The average Bonchev–Trinajstić information content (AvgIpc) is 3.22. The molecule has 1 amide bonds. The van der Waals surface area contributed by atoms with Crippen LogP contribution in [0.4, 0.5) is 0 Å². The molecule has 1 atom stereocenters. The molecular formula is C24H27N3O3. The molecule has 0 N–H and O–H groups in total. The number of benzene rings is 1. The minimum Gasteiger partial charge on any atom is -0.466 e. The van der Waals surface area contributed by atoms with Crippen LogP contribution < -0.4 is 0 Å². The van der Waals surface area contributed by atoms with E-state index in [1.54, 1.807) is 0 Å². The lowest BCUT2D eigenvalue weighted by molar-refractivity contribution is -0.151.